The van der Waals surface area contributed by atoms with Crippen LogP contribution in [0, 0.1) is 10.1 Å². The Hall–Kier alpha value is -2.68. The van der Waals surface area contributed by atoms with Crippen molar-refractivity contribution in [3.8, 4) is 0 Å². The van der Waals surface area contributed by atoms with Crippen LogP contribution in [0.2, 0.25) is 0 Å². The quantitative estimate of drug-likeness (QED) is 0.575. The number of amides is 1. The monoisotopic (exact) mass is 353 g/mol. The first-order valence-corrected chi connectivity index (χ1v) is 6.35. The normalized spacial score (nSPS) is 10.1. The van der Waals surface area contributed by atoms with E-state index in [1.807, 2.05) is 0 Å². The second kappa shape index (κ2) is 5.75. The van der Waals surface area contributed by atoms with E-state index < -0.39 is 16.8 Å². The number of halogens is 1. The second-order valence-electron chi connectivity index (χ2n) is 4.00. The van der Waals surface area contributed by atoms with Crippen LogP contribution in [0.25, 0.3) is 0 Å². The Bertz CT molecular complexity index is 740. The number of nitrogens with zero attached hydrogens (tertiary/aromatic N) is 1. The molecule has 1 heterocycles. The van der Waals surface area contributed by atoms with E-state index in [2.05, 4.69) is 26.2 Å². The lowest BCUT2D eigenvalue weighted by atomic mass is 10.2. The zero-order valence-corrected chi connectivity index (χ0v) is 11.9. The van der Waals surface area contributed by atoms with Gasteiger partial charge in [-0.2, -0.15) is 0 Å². The lowest BCUT2D eigenvalue weighted by molar-refractivity contribution is -0.389. The highest BCUT2D eigenvalue weighted by molar-refractivity contribution is 9.10. The first kappa shape index (κ1) is 14.7. The number of carboxylic acids is 1. The third-order valence-electron chi connectivity index (χ3n) is 2.51. The number of anilines is 1. The minimum absolute atomic E-state index is 0.00134. The van der Waals surface area contributed by atoms with Gasteiger partial charge in [-0.1, -0.05) is 15.9 Å². The number of nitro groups is 1. The molecule has 1 aromatic carbocycles. The number of carbonyl (C=O) groups excluding carboxylic acids is 1. The number of rotatable bonds is 4. The van der Waals surface area contributed by atoms with Gasteiger partial charge in [0.1, 0.15) is 0 Å². The Morgan fingerprint density at radius 2 is 2.00 bits per heavy atom. The molecular formula is C12H8BrN3O5. The third-order valence-corrected chi connectivity index (χ3v) is 2.97. The van der Waals surface area contributed by atoms with E-state index in [1.54, 1.807) is 0 Å². The van der Waals surface area contributed by atoms with Gasteiger partial charge in [-0.3, -0.25) is 4.79 Å². The van der Waals surface area contributed by atoms with Gasteiger partial charge < -0.3 is 20.5 Å². The molecule has 0 unspecified atom stereocenters. The number of H-pyrrole nitrogens is 1. The largest absolute Gasteiger partial charge is 0.478 e. The Morgan fingerprint density at radius 3 is 2.57 bits per heavy atom. The molecule has 0 radical (unpaired) electrons. The molecular weight excluding hydrogens is 346 g/mol. The maximum atomic E-state index is 11.9. The van der Waals surface area contributed by atoms with Crippen LogP contribution in [0.15, 0.2) is 34.8 Å². The van der Waals surface area contributed by atoms with Gasteiger partial charge in [-0.15, -0.1) is 0 Å². The molecule has 9 heteroatoms. The Balaban J connectivity index is 2.22. The molecule has 0 spiro atoms. The van der Waals surface area contributed by atoms with Crippen LogP contribution in [0.4, 0.5) is 11.5 Å². The number of aromatic carboxylic acids is 1. The van der Waals surface area contributed by atoms with Gasteiger partial charge in [0.15, 0.2) is 5.69 Å². The molecule has 0 aliphatic rings. The van der Waals surface area contributed by atoms with Crippen molar-refractivity contribution in [2.24, 2.45) is 0 Å². The predicted octanol–water partition coefficient (Wildman–Crippen LogP) is 2.64. The molecule has 2 rings (SSSR count). The zero-order chi connectivity index (χ0) is 15.6. The molecule has 2 aromatic rings. The van der Waals surface area contributed by atoms with E-state index in [1.165, 1.54) is 30.3 Å². The van der Waals surface area contributed by atoms with E-state index in [9.17, 15) is 19.7 Å². The van der Waals surface area contributed by atoms with Gasteiger partial charge in [0.05, 0.1) is 5.56 Å². The summed E-state index contributed by atoms with van der Waals surface area (Å²) in [6, 6.07) is 6.61. The minimum Gasteiger partial charge on any atom is -0.478 e. The van der Waals surface area contributed by atoms with Gasteiger partial charge >= 0.3 is 11.8 Å². The van der Waals surface area contributed by atoms with Crippen LogP contribution in [0.1, 0.15) is 20.8 Å². The summed E-state index contributed by atoms with van der Waals surface area (Å²) in [6.45, 7) is 0. The van der Waals surface area contributed by atoms with Crippen molar-refractivity contribution in [3.05, 3.63) is 56.2 Å². The maximum absolute atomic E-state index is 11.9. The van der Waals surface area contributed by atoms with Gasteiger partial charge in [0, 0.05) is 16.2 Å². The maximum Gasteiger partial charge on any atom is 0.335 e. The molecule has 108 valence electrons. The Labute approximate surface area is 126 Å². The fraction of sp³-hybridized carbons (Fsp3) is 0. The Kier molecular flexibility index (Phi) is 4.03. The highest BCUT2D eigenvalue weighted by atomic mass is 79.9. The van der Waals surface area contributed by atoms with Gasteiger partial charge in [-0.25, -0.2) is 9.78 Å². The number of aromatic amines is 1. The molecule has 1 amide bonds. The van der Waals surface area contributed by atoms with Crippen molar-refractivity contribution >= 4 is 39.3 Å². The van der Waals surface area contributed by atoms with Crippen molar-refractivity contribution in [2.75, 3.05) is 5.32 Å². The highest BCUT2D eigenvalue weighted by Gasteiger charge is 2.16. The first-order chi connectivity index (χ1) is 9.86. The molecule has 0 aliphatic carbocycles. The zero-order valence-electron chi connectivity index (χ0n) is 10.3. The van der Waals surface area contributed by atoms with Crippen molar-refractivity contribution in [2.45, 2.75) is 0 Å². The molecule has 0 bridgehead atoms. The summed E-state index contributed by atoms with van der Waals surface area (Å²) in [5.41, 5.74) is 0.250. The lowest BCUT2D eigenvalue weighted by Crippen LogP contribution is -2.13. The Morgan fingerprint density at radius 1 is 1.29 bits per heavy atom. The predicted molar refractivity (Wildman–Crippen MR) is 76.5 cm³/mol. The van der Waals surface area contributed by atoms with Gasteiger partial charge in [-0.05, 0) is 29.2 Å². The molecule has 0 atom stereocenters. The lowest BCUT2D eigenvalue weighted by Gasteiger charge is -2.05. The number of hydrogen-bond donors (Lipinski definition) is 3. The SMILES string of the molecule is O=C(O)c1cc(Br)cc(NC(=O)c2ccc([N+](=O)[O-])[nH]2)c1. The van der Waals surface area contributed by atoms with Crippen LogP contribution < -0.4 is 5.32 Å². The van der Waals surface area contributed by atoms with Crippen molar-refractivity contribution < 1.29 is 19.6 Å². The molecule has 21 heavy (non-hydrogen) atoms. The summed E-state index contributed by atoms with van der Waals surface area (Å²) in [7, 11) is 0. The molecule has 3 N–H and O–H groups in total. The fourth-order valence-electron chi connectivity index (χ4n) is 1.61. The number of hydrogen-bond acceptors (Lipinski definition) is 4. The average molecular weight is 354 g/mol. The number of aromatic nitrogens is 1. The summed E-state index contributed by atoms with van der Waals surface area (Å²) < 4.78 is 0.482. The number of carbonyl (C=O) groups is 2. The second-order valence-corrected chi connectivity index (χ2v) is 4.92. The molecule has 0 aliphatic heterocycles. The number of carboxylic acid groups (broad SMARTS) is 1. The van der Waals surface area contributed by atoms with Gasteiger partial charge in [0.2, 0.25) is 0 Å². The van der Waals surface area contributed by atoms with Crippen molar-refractivity contribution in [1.29, 1.82) is 0 Å². The standard InChI is InChI=1S/C12H8BrN3O5/c13-7-3-6(12(18)19)4-8(5-7)14-11(17)9-1-2-10(15-9)16(20)21/h1-5,15H,(H,14,17)(H,18,19). The summed E-state index contributed by atoms with van der Waals surface area (Å²) in [4.78, 5) is 35.1. The van der Waals surface area contributed by atoms with Gasteiger partial charge in [0.25, 0.3) is 5.91 Å². The van der Waals surface area contributed by atoms with E-state index in [0.29, 0.717) is 4.47 Å². The van der Waals surface area contributed by atoms with Crippen molar-refractivity contribution in [3.63, 3.8) is 0 Å². The number of nitrogens with one attached hydrogen (secondary N) is 2. The molecule has 0 fully saturated rings. The van der Waals surface area contributed by atoms with Crippen LogP contribution in [-0.2, 0) is 0 Å². The first-order valence-electron chi connectivity index (χ1n) is 5.55. The van der Waals surface area contributed by atoms with E-state index in [-0.39, 0.29) is 22.8 Å². The van der Waals surface area contributed by atoms with E-state index in [4.69, 9.17) is 5.11 Å². The van der Waals surface area contributed by atoms with Crippen LogP contribution >= 0.6 is 15.9 Å². The van der Waals surface area contributed by atoms with E-state index >= 15 is 0 Å². The smallest absolute Gasteiger partial charge is 0.335 e. The fourth-order valence-corrected chi connectivity index (χ4v) is 2.10. The van der Waals surface area contributed by atoms with Crippen LogP contribution in [0.3, 0.4) is 0 Å². The molecule has 1 aromatic heterocycles. The summed E-state index contributed by atoms with van der Waals surface area (Å²) in [6.07, 6.45) is 0. The average Bonchev–Trinajstić information content (AvgIpc) is 2.87. The summed E-state index contributed by atoms with van der Waals surface area (Å²) in [5.74, 6) is -2.06. The van der Waals surface area contributed by atoms with Crippen LogP contribution in [-0.4, -0.2) is 26.9 Å². The highest BCUT2D eigenvalue weighted by Crippen LogP contribution is 2.20. The van der Waals surface area contributed by atoms with Crippen LogP contribution in [0.5, 0.6) is 0 Å². The summed E-state index contributed by atoms with van der Waals surface area (Å²) in [5, 5.41) is 21.9. The molecule has 0 saturated heterocycles. The molecule has 0 saturated carbocycles. The topological polar surface area (TPSA) is 125 Å². The summed E-state index contributed by atoms with van der Waals surface area (Å²) >= 11 is 3.14. The number of benzene rings is 1. The van der Waals surface area contributed by atoms with E-state index in [0.717, 1.165) is 0 Å². The van der Waals surface area contributed by atoms with Crippen molar-refractivity contribution in [1.82, 2.24) is 4.98 Å². The minimum atomic E-state index is -1.14. The third kappa shape index (κ3) is 3.45. The molecule has 8 nitrogen and oxygen atoms in total.